The van der Waals surface area contributed by atoms with Crippen molar-refractivity contribution in [3.63, 3.8) is 0 Å². The number of carbonyl (C=O) groups excluding carboxylic acids is 3. The van der Waals surface area contributed by atoms with Crippen LogP contribution in [-0.4, -0.2) is 46.2 Å². The fourth-order valence-electron chi connectivity index (χ4n) is 1.94. The smallest absolute Gasteiger partial charge is 0.249 e. The maximum absolute atomic E-state index is 12.1. The minimum Gasteiger partial charge on any atom is -0.321 e. The van der Waals surface area contributed by atoms with Crippen LogP contribution >= 0.6 is 11.8 Å². The zero-order chi connectivity index (χ0) is 11.7. The summed E-state index contributed by atoms with van der Waals surface area (Å²) in [6.45, 7) is 1.65. The molecule has 1 N–H and O–H groups in total. The molecule has 0 aromatic rings. The summed E-state index contributed by atoms with van der Waals surface area (Å²) in [5, 5.41) is 2.16. The van der Waals surface area contributed by atoms with Crippen molar-refractivity contribution in [2.75, 3.05) is 12.3 Å². The molecular weight excluding hydrogens is 228 g/mol. The van der Waals surface area contributed by atoms with Crippen LogP contribution in [0, 0.1) is 0 Å². The summed E-state index contributed by atoms with van der Waals surface area (Å²) in [5.74, 6) is 0.143. The number of thioether (sulfide) groups is 1. The Kier molecular flexibility index (Phi) is 3.18. The summed E-state index contributed by atoms with van der Waals surface area (Å²) < 4.78 is 0. The van der Waals surface area contributed by atoms with E-state index < -0.39 is 6.04 Å². The van der Waals surface area contributed by atoms with Crippen molar-refractivity contribution in [3.05, 3.63) is 0 Å². The largest absolute Gasteiger partial charge is 0.321 e. The lowest BCUT2D eigenvalue weighted by molar-refractivity contribution is -0.149. The van der Waals surface area contributed by atoms with E-state index in [0.29, 0.717) is 0 Å². The lowest BCUT2D eigenvalue weighted by atomic mass is 10.1. The summed E-state index contributed by atoms with van der Waals surface area (Å²) in [6, 6.07) is -0.536. The van der Waals surface area contributed by atoms with Crippen molar-refractivity contribution in [2.45, 2.75) is 31.1 Å². The number of hydrogen-bond acceptors (Lipinski definition) is 4. The van der Waals surface area contributed by atoms with Gasteiger partial charge in [0, 0.05) is 0 Å². The zero-order valence-electron chi connectivity index (χ0n) is 9.06. The van der Waals surface area contributed by atoms with Gasteiger partial charge in [0.05, 0.1) is 5.25 Å². The van der Waals surface area contributed by atoms with E-state index in [1.807, 2.05) is 0 Å². The lowest BCUT2D eigenvalue weighted by Gasteiger charge is -2.33. The van der Waals surface area contributed by atoms with Gasteiger partial charge in [-0.25, -0.2) is 0 Å². The summed E-state index contributed by atoms with van der Waals surface area (Å²) in [6.07, 6.45) is 1.88. The predicted octanol–water partition coefficient (Wildman–Crippen LogP) is -0.245. The number of nitrogens with zero attached hydrogens (tertiary/aromatic N) is 1. The number of imide groups is 1. The average molecular weight is 242 g/mol. The highest BCUT2D eigenvalue weighted by molar-refractivity contribution is 8.00. The molecule has 0 bridgehead atoms. The molecule has 2 unspecified atom stereocenters. The van der Waals surface area contributed by atoms with Gasteiger partial charge in [0.1, 0.15) is 12.6 Å². The van der Waals surface area contributed by atoms with E-state index in [1.54, 1.807) is 18.7 Å². The van der Waals surface area contributed by atoms with Gasteiger partial charge < -0.3 is 4.90 Å². The second kappa shape index (κ2) is 4.45. The summed E-state index contributed by atoms with van der Waals surface area (Å²) in [4.78, 5) is 36.1. The first kappa shape index (κ1) is 11.4. The van der Waals surface area contributed by atoms with Gasteiger partial charge in [-0.2, -0.15) is 0 Å². The van der Waals surface area contributed by atoms with Gasteiger partial charge in [-0.05, 0) is 25.5 Å². The molecule has 2 saturated heterocycles. The molecule has 2 aliphatic heterocycles. The Hall–Kier alpha value is -1.04. The van der Waals surface area contributed by atoms with Crippen LogP contribution in [0.15, 0.2) is 0 Å². The molecule has 6 heteroatoms. The number of carbonyl (C=O) groups is 3. The molecule has 2 aliphatic rings. The molecule has 2 atom stereocenters. The van der Waals surface area contributed by atoms with Crippen LogP contribution in [0.3, 0.4) is 0 Å². The number of amides is 3. The summed E-state index contributed by atoms with van der Waals surface area (Å²) >= 11 is 1.61. The predicted molar refractivity (Wildman–Crippen MR) is 59.8 cm³/mol. The van der Waals surface area contributed by atoms with Crippen LogP contribution in [0.5, 0.6) is 0 Å². The van der Waals surface area contributed by atoms with Crippen LogP contribution < -0.4 is 5.32 Å². The molecule has 0 aromatic heterocycles. The van der Waals surface area contributed by atoms with Crippen LogP contribution in [0.1, 0.15) is 19.8 Å². The van der Waals surface area contributed by atoms with Crippen molar-refractivity contribution < 1.29 is 14.4 Å². The van der Waals surface area contributed by atoms with Crippen molar-refractivity contribution in [2.24, 2.45) is 0 Å². The van der Waals surface area contributed by atoms with Gasteiger partial charge in [-0.15, -0.1) is 11.8 Å². The summed E-state index contributed by atoms with van der Waals surface area (Å²) in [5.41, 5.74) is 0. The van der Waals surface area contributed by atoms with E-state index in [0.717, 1.165) is 18.6 Å². The molecule has 0 aromatic carbocycles. The standard InChI is InChI=1S/C10H14N2O3S/c1-6-9(14)11-8(13)5-12(6)10(15)7-3-2-4-16-7/h6-7H,2-5H2,1H3,(H,11,13,14). The molecule has 2 rings (SSSR count). The minimum absolute atomic E-state index is 0.00278. The normalized spacial score (nSPS) is 30.4. The third-order valence-corrected chi connectivity index (χ3v) is 4.28. The first-order valence-electron chi connectivity index (χ1n) is 5.35. The Morgan fingerprint density at radius 1 is 1.50 bits per heavy atom. The third kappa shape index (κ3) is 2.07. The second-order valence-corrected chi connectivity index (χ2v) is 5.37. The topological polar surface area (TPSA) is 66.5 Å². The molecule has 0 saturated carbocycles. The van der Waals surface area contributed by atoms with Gasteiger partial charge in [-0.1, -0.05) is 0 Å². The molecule has 0 aliphatic carbocycles. The molecule has 88 valence electrons. The lowest BCUT2D eigenvalue weighted by Crippen LogP contribution is -2.59. The maximum Gasteiger partial charge on any atom is 0.249 e. The molecule has 2 fully saturated rings. The molecule has 2 heterocycles. The highest BCUT2D eigenvalue weighted by atomic mass is 32.2. The zero-order valence-corrected chi connectivity index (χ0v) is 9.88. The van der Waals surface area contributed by atoms with Gasteiger partial charge in [0.25, 0.3) is 0 Å². The molecule has 3 amide bonds. The van der Waals surface area contributed by atoms with Crippen molar-refractivity contribution >= 4 is 29.5 Å². The Morgan fingerprint density at radius 2 is 2.25 bits per heavy atom. The van der Waals surface area contributed by atoms with Gasteiger partial charge >= 0.3 is 0 Å². The second-order valence-electron chi connectivity index (χ2n) is 4.06. The highest BCUT2D eigenvalue weighted by Gasteiger charge is 2.37. The number of nitrogens with one attached hydrogen (secondary N) is 1. The van der Waals surface area contributed by atoms with Gasteiger partial charge in [0.2, 0.25) is 17.7 Å². The highest BCUT2D eigenvalue weighted by Crippen LogP contribution is 2.28. The van der Waals surface area contributed by atoms with Crippen LogP contribution in [-0.2, 0) is 14.4 Å². The van der Waals surface area contributed by atoms with E-state index in [9.17, 15) is 14.4 Å². The molecule has 16 heavy (non-hydrogen) atoms. The van der Waals surface area contributed by atoms with Crippen molar-refractivity contribution in [1.82, 2.24) is 10.2 Å². The summed E-state index contributed by atoms with van der Waals surface area (Å²) in [7, 11) is 0. The SMILES string of the molecule is CC1C(=O)NC(=O)CN1C(=O)C1CCCS1. The molecule has 5 nitrogen and oxygen atoms in total. The molecular formula is C10H14N2O3S. The fraction of sp³-hybridized carbons (Fsp3) is 0.700. The fourth-order valence-corrected chi connectivity index (χ4v) is 3.17. The van der Waals surface area contributed by atoms with Crippen LogP contribution in [0.2, 0.25) is 0 Å². The van der Waals surface area contributed by atoms with Crippen molar-refractivity contribution in [1.29, 1.82) is 0 Å². The molecule has 0 spiro atoms. The minimum atomic E-state index is -0.536. The number of piperazine rings is 1. The van der Waals surface area contributed by atoms with Crippen LogP contribution in [0.25, 0.3) is 0 Å². The van der Waals surface area contributed by atoms with E-state index in [2.05, 4.69) is 5.32 Å². The van der Waals surface area contributed by atoms with E-state index in [1.165, 1.54) is 4.90 Å². The Balaban J connectivity index is 2.09. The maximum atomic E-state index is 12.1. The monoisotopic (exact) mass is 242 g/mol. The van der Waals surface area contributed by atoms with E-state index in [-0.39, 0.29) is 29.5 Å². The first-order valence-corrected chi connectivity index (χ1v) is 6.40. The Morgan fingerprint density at radius 3 is 2.88 bits per heavy atom. The van der Waals surface area contributed by atoms with Crippen LogP contribution in [0.4, 0.5) is 0 Å². The van der Waals surface area contributed by atoms with Gasteiger partial charge in [0.15, 0.2) is 0 Å². The van der Waals surface area contributed by atoms with Gasteiger partial charge in [-0.3, -0.25) is 19.7 Å². The number of rotatable bonds is 1. The van der Waals surface area contributed by atoms with E-state index in [4.69, 9.17) is 0 Å². The number of hydrogen-bond donors (Lipinski definition) is 1. The quantitative estimate of drug-likeness (QED) is 0.644. The van der Waals surface area contributed by atoms with E-state index >= 15 is 0 Å². The molecule has 0 radical (unpaired) electrons. The average Bonchev–Trinajstić information content (AvgIpc) is 2.75. The Labute approximate surface area is 97.9 Å². The van der Waals surface area contributed by atoms with Crippen molar-refractivity contribution in [3.8, 4) is 0 Å². The Bertz CT molecular complexity index is 339. The third-order valence-electron chi connectivity index (χ3n) is 2.91. The first-order chi connectivity index (χ1) is 7.59.